The maximum Gasteiger partial charge on any atom is 0.416 e. The van der Waals surface area contributed by atoms with Crippen LogP contribution in [-0.2, 0) is 12.7 Å². The number of ketones is 1. The van der Waals surface area contributed by atoms with Crippen molar-refractivity contribution in [2.24, 2.45) is 0 Å². The third-order valence-corrected chi connectivity index (χ3v) is 4.24. The van der Waals surface area contributed by atoms with E-state index in [-0.39, 0.29) is 5.56 Å². The molecular weight excluding hydrogens is 327 g/mol. The van der Waals surface area contributed by atoms with Gasteiger partial charge in [0.15, 0.2) is 5.78 Å². The SMILES string of the molecule is CCCCn1cc(C(=O)c2cccc(C(F)(F)F)c2)c2ccccc21. The first kappa shape index (κ1) is 17.3. The second-order valence-corrected chi connectivity index (χ2v) is 6.01. The van der Waals surface area contributed by atoms with Gasteiger partial charge in [-0.15, -0.1) is 0 Å². The maximum absolute atomic E-state index is 12.9. The minimum Gasteiger partial charge on any atom is -0.347 e. The number of hydrogen-bond donors (Lipinski definition) is 0. The number of fused-ring (bicyclic) bond motifs is 1. The topological polar surface area (TPSA) is 22.0 Å². The van der Waals surface area contributed by atoms with Gasteiger partial charge in [-0.25, -0.2) is 0 Å². The zero-order chi connectivity index (χ0) is 18.0. The van der Waals surface area contributed by atoms with Crippen molar-refractivity contribution in [1.29, 1.82) is 0 Å². The van der Waals surface area contributed by atoms with Crippen LogP contribution in [0, 0.1) is 0 Å². The highest BCUT2D eigenvalue weighted by Gasteiger charge is 2.31. The van der Waals surface area contributed by atoms with Crippen LogP contribution in [0.25, 0.3) is 10.9 Å². The molecule has 2 nitrogen and oxygen atoms in total. The highest BCUT2D eigenvalue weighted by Crippen LogP contribution is 2.31. The fraction of sp³-hybridized carbons (Fsp3) is 0.250. The molecule has 3 rings (SSSR count). The Hall–Kier alpha value is -2.56. The number of alkyl halides is 3. The summed E-state index contributed by atoms with van der Waals surface area (Å²) in [7, 11) is 0. The normalized spacial score (nSPS) is 11.8. The molecule has 25 heavy (non-hydrogen) atoms. The number of benzene rings is 2. The summed E-state index contributed by atoms with van der Waals surface area (Å²) >= 11 is 0. The molecular formula is C20H18F3NO. The molecule has 2 aromatic carbocycles. The standard InChI is InChI=1S/C20H18F3NO/c1-2-3-11-24-13-17(16-9-4-5-10-18(16)24)19(25)14-7-6-8-15(12-14)20(21,22)23/h4-10,12-13H,2-3,11H2,1H3. The predicted octanol–water partition coefficient (Wildman–Crippen LogP) is 5.69. The van der Waals surface area contributed by atoms with E-state index in [1.54, 1.807) is 6.20 Å². The van der Waals surface area contributed by atoms with Crippen molar-refractivity contribution in [2.45, 2.75) is 32.5 Å². The summed E-state index contributed by atoms with van der Waals surface area (Å²) in [5, 5.41) is 0.765. The molecule has 0 amide bonds. The number of aryl methyl sites for hydroxylation is 1. The lowest BCUT2D eigenvalue weighted by Crippen LogP contribution is -2.08. The highest BCUT2D eigenvalue weighted by atomic mass is 19.4. The second-order valence-electron chi connectivity index (χ2n) is 6.01. The fourth-order valence-corrected chi connectivity index (χ4v) is 2.93. The Morgan fingerprint density at radius 2 is 1.84 bits per heavy atom. The van der Waals surface area contributed by atoms with Crippen molar-refractivity contribution >= 4 is 16.7 Å². The van der Waals surface area contributed by atoms with Crippen molar-refractivity contribution in [2.75, 3.05) is 0 Å². The van der Waals surface area contributed by atoms with Crippen molar-refractivity contribution < 1.29 is 18.0 Å². The largest absolute Gasteiger partial charge is 0.416 e. The smallest absolute Gasteiger partial charge is 0.347 e. The lowest BCUT2D eigenvalue weighted by molar-refractivity contribution is -0.137. The number of rotatable bonds is 5. The number of para-hydroxylation sites is 1. The van der Waals surface area contributed by atoms with E-state index in [0.717, 1.165) is 42.4 Å². The van der Waals surface area contributed by atoms with E-state index in [0.29, 0.717) is 5.56 Å². The van der Waals surface area contributed by atoms with Gasteiger partial charge in [-0.05, 0) is 24.6 Å². The van der Waals surface area contributed by atoms with E-state index in [4.69, 9.17) is 0 Å². The van der Waals surface area contributed by atoms with E-state index in [9.17, 15) is 18.0 Å². The number of nitrogens with zero attached hydrogens (tertiary/aromatic N) is 1. The Balaban J connectivity index is 2.06. The molecule has 0 atom stereocenters. The predicted molar refractivity (Wildman–Crippen MR) is 91.7 cm³/mol. The quantitative estimate of drug-likeness (QED) is 0.544. The fourth-order valence-electron chi connectivity index (χ4n) is 2.93. The molecule has 0 unspecified atom stereocenters. The van der Waals surface area contributed by atoms with E-state index < -0.39 is 17.5 Å². The molecule has 0 N–H and O–H groups in total. The number of aromatic nitrogens is 1. The van der Waals surface area contributed by atoms with Crippen LogP contribution >= 0.6 is 0 Å². The molecule has 1 heterocycles. The zero-order valence-corrected chi connectivity index (χ0v) is 13.8. The summed E-state index contributed by atoms with van der Waals surface area (Å²) < 4.78 is 40.7. The molecule has 5 heteroatoms. The molecule has 0 bridgehead atoms. The summed E-state index contributed by atoms with van der Waals surface area (Å²) in [6.45, 7) is 2.85. The van der Waals surface area contributed by atoms with Gasteiger partial charge in [0, 0.05) is 34.8 Å². The van der Waals surface area contributed by atoms with Crippen molar-refractivity contribution in [3.63, 3.8) is 0 Å². The van der Waals surface area contributed by atoms with Crippen LogP contribution in [0.15, 0.2) is 54.7 Å². The maximum atomic E-state index is 12.9. The molecule has 130 valence electrons. The van der Waals surface area contributed by atoms with Crippen molar-refractivity contribution in [1.82, 2.24) is 4.57 Å². The summed E-state index contributed by atoms with van der Waals surface area (Å²) in [6.07, 6.45) is -0.729. The first-order chi connectivity index (χ1) is 11.9. The molecule has 0 fully saturated rings. The number of carbonyl (C=O) groups excluding carboxylic acids is 1. The average molecular weight is 345 g/mol. The molecule has 0 aliphatic carbocycles. The Kier molecular flexibility index (Phi) is 4.66. The van der Waals surface area contributed by atoms with Crippen molar-refractivity contribution in [3.05, 3.63) is 71.4 Å². The van der Waals surface area contributed by atoms with Gasteiger partial charge in [-0.1, -0.05) is 43.7 Å². The number of carbonyl (C=O) groups is 1. The number of unbranched alkanes of at least 4 members (excludes halogenated alkanes) is 1. The third-order valence-electron chi connectivity index (χ3n) is 4.24. The summed E-state index contributed by atoms with van der Waals surface area (Å²) in [5.41, 5.74) is 0.596. The van der Waals surface area contributed by atoms with Gasteiger partial charge in [-0.2, -0.15) is 13.2 Å². The van der Waals surface area contributed by atoms with Crippen LogP contribution in [0.4, 0.5) is 13.2 Å². The van der Waals surface area contributed by atoms with Gasteiger partial charge in [-0.3, -0.25) is 4.79 Å². The molecule has 0 radical (unpaired) electrons. The Labute approximate surface area is 143 Å². The lowest BCUT2D eigenvalue weighted by Gasteiger charge is -2.08. The van der Waals surface area contributed by atoms with Gasteiger partial charge in [0.2, 0.25) is 0 Å². The number of hydrogen-bond acceptors (Lipinski definition) is 1. The van der Waals surface area contributed by atoms with Crippen LogP contribution in [0.2, 0.25) is 0 Å². The van der Waals surface area contributed by atoms with E-state index >= 15 is 0 Å². The van der Waals surface area contributed by atoms with Crippen LogP contribution in [0.3, 0.4) is 0 Å². The van der Waals surface area contributed by atoms with Crippen LogP contribution in [0.5, 0.6) is 0 Å². The van der Waals surface area contributed by atoms with Crippen LogP contribution in [0.1, 0.15) is 41.3 Å². The van der Waals surface area contributed by atoms with Crippen LogP contribution < -0.4 is 0 Å². The molecule has 0 saturated heterocycles. The van der Waals surface area contributed by atoms with Gasteiger partial charge in [0.1, 0.15) is 0 Å². The average Bonchev–Trinajstić information content (AvgIpc) is 2.97. The third kappa shape index (κ3) is 3.45. The summed E-state index contributed by atoms with van der Waals surface area (Å²) in [6, 6.07) is 12.1. The first-order valence-electron chi connectivity index (χ1n) is 8.21. The molecule has 0 aliphatic heterocycles. The second kappa shape index (κ2) is 6.75. The number of halogens is 3. The molecule has 0 saturated carbocycles. The first-order valence-corrected chi connectivity index (χ1v) is 8.21. The van der Waals surface area contributed by atoms with Crippen molar-refractivity contribution in [3.8, 4) is 0 Å². The Bertz CT molecular complexity index is 909. The van der Waals surface area contributed by atoms with E-state index in [1.807, 2.05) is 28.8 Å². The Morgan fingerprint density at radius 3 is 2.56 bits per heavy atom. The Morgan fingerprint density at radius 1 is 1.08 bits per heavy atom. The van der Waals surface area contributed by atoms with E-state index in [1.165, 1.54) is 12.1 Å². The van der Waals surface area contributed by atoms with Gasteiger partial charge >= 0.3 is 6.18 Å². The summed E-state index contributed by atoms with van der Waals surface area (Å²) in [4.78, 5) is 12.8. The zero-order valence-electron chi connectivity index (χ0n) is 13.8. The van der Waals surface area contributed by atoms with Gasteiger partial charge in [0.05, 0.1) is 5.56 Å². The highest BCUT2D eigenvalue weighted by molar-refractivity contribution is 6.16. The minimum absolute atomic E-state index is 0.0493. The molecule has 0 aliphatic rings. The van der Waals surface area contributed by atoms with Gasteiger partial charge in [0.25, 0.3) is 0 Å². The monoisotopic (exact) mass is 345 g/mol. The molecule has 3 aromatic rings. The molecule has 1 aromatic heterocycles. The van der Waals surface area contributed by atoms with E-state index in [2.05, 4.69) is 6.92 Å². The minimum atomic E-state index is -4.47. The van der Waals surface area contributed by atoms with Gasteiger partial charge < -0.3 is 4.57 Å². The lowest BCUT2D eigenvalue weighted by atomic mass is 10.0. The summed E-state index contributed by atoms with van der Waals surface area (Å²) in [5.74, 6) is -0.391. The van der Waals surface area contributed by atoms with Crippen LogP contribution in [-0.4, -0.2) is 10.4 Å². The molecule has 0 spiro atoms.